The predicted molar refractivity (Wildman–Crippen MR) is 84.5 cm³/mol. The van der Waals surface area contributed by atoms with E-state index in [9.17, 15) is 4.39 Å². The van der Waals surface area contributed by atoms with Gasteiger partial charge < -0.3 is 5.84 Å². The Morgan fingerprint density at radius 3 is 2.86 bits per heavy atom. The van der Waals surface area contributed by atoms with Crippen LogP contribution in [-0.4, -0.2) is 14.9 Å². The van der Waals surface area contributed by atoms with Crippen molar-refractivity contribution in [2.45, 2.75) is 10.9 Å². The molecule has 108 valence electrons. The van der Waals surface area contributed by atoms with Crippen LogP contribution in [-0.2, 0) is 5.75 Å². The maximum absolute atomic E-state index is 13.7. The van der Waals surface area contributed by atoms with Gasteiger partial charge in [-0.3, -0.25) is 0 Å². The molecular formula is C13H10ClFN4S2. The third kappa shape index (κ3) is 2.90. The lowest BCUT2D eigenvalue weighted by atomic mass is 10.2. The molecule has 4 nitrogen and oxygen atoms in total. The number of thiophene rings is 1. The molecule has 0 fully saturated rings. The lowest BCUT2D eigenvalue weighted by Crippen LogP contribution is -2.11. The second-order valence-corrected chi connectivity index (χ2v) is 6.44. The molecule has 0 saturated carbocycles. The van der Waals surface area contributed by atoms with Crippen LogP contribution >= 0.6 is 34.7 Å². The number of nitrogens with zero attached hydrogens (tertiary/aromatic N) is 3. The van der Waals surface area contributed by atoms with E-state index in [2.05, 4.69) is 10.2 Å². The fraction of sp³-hybridized carbons (Fsp3) is 0.0769. The smallest absolute Gasteiger partial charge is 0.210 e. The van der Waals surface area contributed by atoms with Crippen LogP contribution in [0.1, 0.15) is 5.56 Å². The molecule has 0 aliphatic rings. The first-order chi connectivity index (χ1) is 10.2. The minimum Gasteiger partial charge on any atom is -0.335 e. The zero-order chi connectivity index (χ0) is 14.8. The molecule has 0 atom stereocenters. The van der Waals surface area contributed by atoms with Gasteiger partial charge in [-0.15, -0.1) is 21.5 Å². The number of rotatable bonds is 4. The molecule has 0 spiro atoms. The summed E-state index contributed by atoms with van der Waals surface area (Å²) in [6.07, 6.45) is 0. The number of hydrogen-bond acceptors (Lipinski definition) is 5. The molecule has 2 N–H and O–H groups in total. The highest BCUT2D eigenvalue weighted by atomic mass is 35.5. The normalized spacial score (nSPS) is 11.0. The zero-order valence-corrected chi connectivity index (χ0v) is 13.1. The summed E-state index contributed by atoms with van der Waals surface area (Å²) in [4.78, 5) is 0.931. The third-order valence-corrected chi connectivity index (χ3v) is 5.00. The molecule has 3 rings (SSSR count). The Morgan fingerprint density at radius 2 is 2.14 bits per heavy atom. The molecule has 1 aromatic carbocycles. The molecule has 0 amide bonds. The SMILES string of the molecule is Nn1c(SCc2c(F)cccc2Cl)nnc1-c1cccs1. The molecule has 0 radical (unpaired) electrons. The zero-order valence-electron chi connectivity index (χ0n) is 10.7. The van der Waals surface area contributed by atoms with Crippen LogP contribution < -0.4 is 5.84 Å². The van der Waals surface area contributed by atoms with E-state index in [1.54, 1.807) is 12.1 Å². The number of nitrogen functional groups attached to an aromatic ring is 1. The van der Waals surface area contributed by atoms with Gasteiger partial charge in [0.15, 0.2) is 5.82 Å². The second-order valence-electron chi connectivity index (χ2n) is 4.14. The minimum atomic E-state index is -0.337. The molecule has 2 aromatic heterocycles. The van der Waals surface area contributed by atoms with Crippen molar-refractivity contribution in [3.8, 4) is 10.7 Å². The Hall–Kier alpha value is -1.57. The standard InChI is InChI=1S/C13H10ClFN4S2/c14-9-3-1-4-10(15)8(9)7-21-13-18-17-12(19(13)16)11-5-2-6-20-11/h1-6H,7,16H2. The summed E-state index contributed by atoms with van der Waals surface area (Å²) in [5, 5.41) is 10.9. The molecule has 0 bridgehead atoms. The summed E-state index contributed by atoms with van der Waals surface area (Å²) >= 11 is 8.82. The van der Waals surface area contributed by atoms with Crippen molar-refractivity contribution in [3.63, 3.8) is 0 Å². The number of thioether (sulfide) groups is 1. The maximum Gasteiger partial charge on any atom is 0.210 e. The first-order valence-electron chi connectivity index (χ1n) is 5.97. The van der Waals surface area contributed by atoms with E-state index in [-0.39, 0.29) is 5.82 Å². The molecule has 0 aliphatic carbocycles. The van der Waals surface area contributed by atoms with Crippen LogP contribution in [0, 0.1) is 5.82 Å². The van der Waals surface area contributed by atoms with E-state index in [4.69, 9.17) is 17.4 Å². The molecule has 3 aromatic rings. The Balaban J connectivity index is 1.81. The van der Waals surface area contributed by atoms with Gasteiger partial charge in [0, 0.05) is 16.3 Å². The fourth-order valence-electron chi connectivity index (χ4n) is 1.76. The molecule has 0 saturated heterocycles. The summed E-state index contributed by atoms with van der Waals surface area (Å²) in [6, 6.07) is 8.45. The summed E-state index contributed by atoms with van der Waals surface area (Å²) in [7, 11) is 0. The van der Waals surface area contributed by atoms with Crippen molar-refractivity contribution in [2.24, 2.45) is 0 Å². The molecular weight excluding hydrogens is 331 g/mol. The van der Waals surface area contributed by atoms with Crippen LogP contribution in [0.3, 0.4) is 0 Å². The fourth-order valence-corrected chi connectivity index (χ4v) is 3.66. The van der Waals surface area contributed by atoms with Crippen molar-refractivity contribution >= 4 is 34.7 Å². The summed E-state index contributed by atoms with van der Waals surface area (Å²) in [5.41, 5.74) is 0.435. The van der Waals surface area contributed by atoms with E-state index in [1.807, 2.05) is 17.5 Å². The highest BCUT2D eigenvalue weighted by Gasteiger charge is 2.14. The lowest BCUT2D eigenvalue weighted by Gasteiger charge is -2.05. The van der Waals surface area contributed by atoms with Gasteiger partial charge in [0.25, 0.3) is 0 Å². The quantitative estimate of drug-likeness (QED) is 0.579. The van der Waals surface area contributed by atoms with Crippen LogP contribution in [0.2, 0.25) is 5.02 Å². The molecule has 8 heteroatoms. The van der Waals surface area contributed by atoms with Crippen LogP contribution in [0.25, 0.3) is 10.7 Å². The van der Waals surface area contributed by atoms with Crippen LogP contribution in [0.5, 0.6) is 0 Å². The summed E-state index contributed by atoms with van der Waals surface area (Å²) in [6.45, 7) is 0. The first kappa shape index (κ1) is 14.4. The Kier molecular flexibility index (Phi) is 4.14. The van der Waals surface area contributed by atoms with E-state index in [0.29, 0.717) is 27.3 Å². The third-order valence-electron chi connectivity index (χ3n) is 2.81. The van der Waals surface area contributed by atoms with E-state index in [0.717, 1.165) is 4.88 Å². The van der Waals surface area contributed by atoms with E-state index < -0.39 is 0 Å². The minimum absolute atomic E-state index is 0.337. The van der Waals surface area contributed by atoms with Gasteiger partial charge in [0.05, 0.1) is 4.88 Å². The Labute approximate surface area is 133 Å². The average Bonchev–Trinajstić information content (AvgIpc) is 3.08. The van der Waals surface area contributed by atoms with Gasteiger partial charge in [-0.25, -0.2) is 9.07 Å². The topological polar surface area (TPSA) is 56.7 Å². The van der Waals surface area contributed by atoms with Crippen molar-refractivity contribution in [1.82, 2.24) is 14.9 Å². The monoisotopic (exact) mass is 340 g/mol. The number of hydrogen-bond donors (Lipinski definition) is 1. The molecule has 0 unspecified atom stereocenters. The van der Waals surface area contributed by atoms with Crippen LogP contribution in [0.15, 0.2) is 40.9 Å². The molecule has 0 aliphatic heterocycles. The largest absolute Gasteiger partial charge is 0.335 e. The van der Waals surface area contributed by atoms with Gasteiger partial charge in [-0.05, 0) is 23.6 Å². The molecule has 21 heavy (non-hydrogen) atoms. The van der Waals surface area contributed by atoms with E-state index >= 15 is 0 Å². The van der Waals surface area contributed by atoms with Gasteiger partial charge in [0.2, 0.25) is 5.16 Å². The Morgan fingerprint density at radius 1 is 1.29 bits per heavy atom. The van der Waals surface area contributed by atoms with Gasteiger partial charge in [-0.1, -0.05) is 35.5 Å². The number of benzene rings is 1. The first-order valence-corrected chi connectivity index (χ1v) is 8.21. The van der Waals surface area contributed by atoms with Crippen molar-refractivity contribution in [2.75, 3.05) is 5.84 Å². The maximum atomic E-state index is 13.7. The van der Waals surface area contributed by atoms with Gasteiger partial charge >= 0.3 is 0 Å². The number of nitrogens with two attached hydrogens (primary N) is 1. The highest BCUT2D eigenvalue weighted by Crippen LogP contribution is 2.29. The van der Waals surface area contributed by atoms with Crippen molar-refractivity contribution < 1.29 is 4.39 Å². The number of aromatic nitrogens is 3. The molecule has 2 heterocycles. The van der Waals surface area contributed by atoms with Crippen LogP contribution in [0.4, 0.5) is 4.39 Å². The van der Waals surface area contributed by atoms with Gasteiger partial charge in [-0.2, -0.15) is 0 Å². The van der Waals surface area contributed by atoms with E-state index in [1.165, 1.54) is 33.8 Å². The predicted octanol–water partition coefficient (Wildman–Crippen LogP) is 3.81. The Bertz CT molecular complexity index is 737. The number of halogens is 2. The van der Waals surface area contributed by atoms with Crippen molar-refractivity contribution in [3.05, 3.63) is 52.1 Å². The summed E-state index contributed by atoms with van der Waals surface area (Å²) in [5.74, 6) is 6.58. The van der Waals surface area contributed by atoms with Crippen molar-refractivity contribution in [1.29, 1.82) is 0 Å². The second kappa shape index (κ2) is 6.05. The average molecular weight is 341 g/mol. The highest BCUT2D eigenvalue weighted by molar-refractivity contribution is 7.98. The lowest BCUT2D eigenvalue weighted by molar-refractivity contribution is 0.617. The summed E-state index contributed by atoms with van der Waals surface area (Å²) < 4.78 is 15.1. The van der Waals surface area contributed by atoms with Gasteiger partial charge in [0.1, 0.15) is 5.82 Å².